The van der Waals surface area contributed by atoms with E-state index in [1.165, 1.54) is 9.71 Å². The van der Waals surface area contributed by atoms with Crippen LogP contribution in [0.2, 0.25) is 0 Å². The van der Waals surface area contributed by atoms with Crippen LogP contribution in [0.1, 0.15) is 18.4 Å². The molecule has 1 N–H and O–H groups in total. The summed E-state index contributed by atoms with van der Waals surface area (Å²) < 4.78 is 1.28. The Balaban J connectivity index is 1.67. The SMILES string of the molecule is CC(Cc1nc2ccccc2s1)N1CCC(CO)C1. The Hall–Kier alpha value is -0.970. The summed E-state index contributed by atoms with van der Waals surface area (Å²) in [4.78, 5) is 7.18. The van der Waals surface area contributed by atoms with Crippen LogP contribution in [0.3, 0.4) is 0 Å². The van der Waals surface area contributed by atoms with Gasteiger partial charge in [0.2, 0.25) is 0 Å². The highest BCUT2D eigenvalue weighted by Gasteiger charge is 2.25. The van der Waals surface area contributed by atoms with Crippen molar-refractivity contribution >= 4 is 21.6 Å². The van der Waals surface area contributed by atoms with Gasteiger partial charge in [-0.3, -0.25) is 4.90 Å². The van der Waals surface area contributed by atoms with Gasteiger partial charge < -0.3 is 5.11 Å². The van der Waals surface area contributed by atoms with Gasteiger partial charge in [0.05, 0.1) is 15.2 Å². The van der Waals surface area contributed by atoms with Gasteiger partial charge in [-0.1, -0.05) is 12.1 Å². The number of thiazole rings is 1. The number of nitrogens with zero attached hydrogens (tertiary/aromatic N) is 2. The maximum atomic E-state index is 9.21. The molecule has 1 saturated heterocycles. The van der Waals surface area contributed by atoms with Crippen molar-refractivity contribution in [3.05, 3.63) is 29.3 Å². The van der Waals surface area contributed by atoms with Gasteiger partial charge in [0.1, 0.15) is 0 Å². The van der Waals surface area contributed by atoms with E-state index < -0.39 is 0 Å². The molecule has 1 aromatic carbocycles. The number of benzene rings is 1. The first kappa shape index (κ1) is 13.0. The van der Waals surface area contributed by atoms with Gasteiger partial charge >= 0.3 is 0 Å². The molecule has 0 aliphatic carbocycles. The standard InChI is InChI=1S/C15H20N2OS/c1-11(17-7-6-12(9-17)10-18)8-15-16-13-4-2-3-5-14(13)19-15/h2-5,11-12,18H,6-10H2,1H3. The fraction of sp³-hybridized carbons (Fsp3) is 0.533. The summed E-state index contributed by atoms with van der Waals surface area (Å²) in [6.07, 6.45) is 2.14. The van der Waals surface area contributed by atoms with Crippen LogP contribution in [-0.2, 0) is 6.42 Å². The molecule has 2 atom stereocenters. The second-order valence-electron chi connectivity index (χ2n) is 5.46. The molecule has 0 radical (unpaired) electrons. The minimum atomic E-state index is 0.324. The van der Waals surface area contributed by atoms with Crippen LogP contribution < -0.4 is 0 Å². The fourth-order valence-corrected chi connectivity index (χ4v) is 3.89. The van der Waals surface area contributed by atoms with Crippen molar-refractivity contribution in [1.29, 1.82) is 0 Å². The highest BCUT2D eigenvalue weighted by molar-refractivity contribution is 7.18. The molecule has 19 heavy (non-hydrogen) atoms. The van der Waals surface area contributed by atoms with E-state index >= 15 is 0 Å². The van der Waals surface area contributed by atoms with Gasteiger partial charge in [0.15, 0.2) is 0 Å². The summed E-state index contributed by atoms with van der Waals surface area (Å²) in [7, 11) is 0. The molecule has 1 aliphatic rings. The second kappa shape index (κ2) is 5.57. The van der Waals surface area contributed by atoms with E-state index in [0.29, 0.717) is 18.6 Å². The number of hydrogen-bond donors (Lipinski definition) is 1. The van der Waals surface area contributed by atoms with Crippen LogP contribution in [0.15, 0.2) is 24.3 Å². The number of aliphatic hydroxyl groups excluding tert-OH is 1. The minimum absolute atomic E-state index is 0.324. The van der Waals surface area contributed by atoms with E-state index in [4.69, 9.17) is 4.98 Å². The van der Waals surface area contributed by atoms with E-state index in [-0.39, 0.29) is 0 Å². The van der Waals surface area contributed by atoms with Crippen LogP contribution in [0.4, 0.5) is 0 Å². The summed E-state index contributed by atoms with van der Waals surface area (Å²) in [5.74, 6) is 0.470. The van der Waals surface area contributed by atoms with E-state index in [9.17, 15) is 5.11 Å². The minimum Gasteiger partial charge on any atom is -0.396 e. The van der Waals surface area contributed by atoms with E-state index in [0.717, 1.165) is 31.4 Å². The Kier molecular flexibility index (Phi) is 3.82. The number of fused-ring (bicyclic) bond motifs is 1. The summed E-state index contributed by atoms with van der Waals surface area (Å²) in [6.45, 7) is 4.73. The molecule has 2 aromatic rings. The zero-order valence-corrected chi connectivity index (χ0v) is 12.1. The first-order chi connectivity index (χ1) is 9.26. The first-order valence-corrected chi connectivity index (χ1v) is 7.77. The maximum absolute atomic E-state index is 9.21. The third-order valence-corrected chi connectivity index (χ3v) is 5.07. The maximum Gasteiger partial charge on any atom is 0.0954 e. The average Bonchev–Trinajstić information content (AvgIpc) is 3.04. The van der Waals surface area contributed by atoms with Crippen molar-refractivity contribution in [2.75, 3.05) is 19.7 Å². The summed E-state index contributed by atoms with van der Waals surface area (Å²) >= 11 is 1.80. The second-order valence-corrected chi connectivity index (χ2v) is 6.58. The van der Waals surface area contributed by atoms with Gasteiger partial charge in [-0.25, -0.2) is 4.98 Å². The lowest BCUT2D eigenvalue weighted by molar-refractivity contribution is 0.203. The normalized spacial score (nSPS) is 22.1. The monoisotopic (exact) mass is 276 g/mol. The summed E-state index contributed by atoms with van der Waals surface area (Å²) in [5, 5.41) is 10.4. The van der Waals surface area contributed by atoms with Gasteiger partial charge in [-0.15, -0.1) is 11.3 Å². The third-order valence-electron chi connectivity index (χ3n) is 4.01. The summed E-state index contributed by atoms with van der Waals surface area (Å²) in [5.41, 5.74) is 1.12. The predicted molar refractivity (Wildman–Crippen MR) is 79.6 cm³/mol. The average molecular weight is 276 g/mol. The molecular weight excluding hydrogens is 256 g/mol. The number of aromatic nitrogens is 1. The molecule has 2 unspecified atom stereocenters. The lowest BCUT2D eigenvalue weighted by atomic mass is 10.1. The molecule has 0 saturated carbocycles. The molecule has 3 rings (SSSR count). The third kappa shape index (κ3) is 2.81. The smallest absolute Gasteiger partial charge is 0.0954 e. The van der Waals surface area contributed by atoms with E-state index in [2.05, 4.69) is 30.0 Å². The number of aliphatic hydroxyl groups is 1. The lowest BCUT2D eigenvalue weighted by Gasteiger charge is -2.23. The summed E-state index contributed by atoms with van der Waals surface area (Å²) in [6, 6.07) is 8.84. The van der Waals surface area contributed by atoms with Gasteiger partial charge in [0, 0.05) is 25.6 Å². The highest BCUT2D eigenvalue weighted by Crippen LogP contribution is 2.25. The lowest BCUT2D eigenvalue weighted by Crippen LogP contribution is -2.32. The zero-order valence-electron chi connectivity index (χ0n) is 11.2. The topological polar surface area (TPSA) is 36.4 Å². The molecule has 4 heteroatoms. The van der Waals surface area contributed by atoms with Crippen molar-refractivity contribution in [2.45, 2.75) is 25.8 Å². The van der Waals surface area contributed by atoms with Crippen molar-refractivity contribution in [3.63, 3.8) is 0 Å². The molecule has 2 heterocycles. The number of hydrogen-bond acceptors (Lipinski definition) is 4. The van der Waals surface area contributed by atoms with Crippen LogP contribution in [0.25, 0.3) is 10.2 Å². The van der Waals surface area contributed by atoms with Gasteiger partial charge in [-0.05, 0) is 37.9 Å². The molecule has 0 amide bonds. The van der Waals surface area contributed by atoms with Gasteiger partial charge in [0.25, 0.3) is 0 Å². The number of rotatable bonds is 4. The molecule has 1 fully saturated rings. The Bertz CT molecular complexity index is 521. The van der Waals surface area contributed by atoms with E-state index in [1.807, 2.05) is 6.07 Å². The quantitative estimate of drug-likeness (QED) is 0.932. The van der Waals surface area contributed by atoms with Crippen molar-refractivity contribution in [1.82, 2.24) is 9.88 Å². The molecule has 1 aromatic heterocycles. The molecule has 3 nitrogen and oxygen atoms in total. The Morgan fingerprint density at radius 2 is 2.32 bits per heavy atom. The fourth-order valence-electron chi connectivity index (χ4n) is 2.80. The number of para-hydroxylation sites is 1. The molecule has 1 aliphatic heterocycles. The van der Waals surface area contributed by atoms with Crippen molar-refractivity contribution in [2.24, 2.45) is 5.92 Å². The van der Waals surface area contributed by atoms with Crippen LogP contribution in [0.5, 0.6) is 0 Å². The number of likely N-dealkylation sites (tertiary alicyclic amines) is 1. The predicted octanol–water partition coefficient (Wildman–Crippen LogP) is 2.54. The Labute approximate surface area is 117 Å². The highest BCUT2D eigenvalue weighted by atomic mass is 32.1. The van der Waals surface area contributed by atoms with Crippen molar-refractivity contribution in [3.8, 4) is 0 Å². The van der Waals surface area contributed by atoms with Crippen LogP contribution in [0, 0.1) is 5.92 Å². The Morgan fingerprint density at radius 1 is 1.47 bits per heavy atom. The van der Waals surface area contributed by atoms with Crippen LogP contribution in [-0.4, -0.2) is 40.7 Å². The zero-order chi connectivity index (χ0) is 13.2. The Morgan fingerprint density at radius 3 is 3.05 bits per heavy atom. The largest absolute Gasteiger partial charge is 0.396 e. The first-order valence-electron chi connectivity index (χ1n) is 6.95. The van der Waals surface area contributed by atoms with E-state index in [1.54, 1.807) is 11.3 Å². The molecule has 102 valence electrons. The molecular formula is C15H20N2OS. The van der Waals surface area contributed by atoms with Crippen LogP contribution >= 0.6 is 11.3 Å². The molecule has 0 spiro atoms. The van der Waals surface area contributed by atoms with Gasteiger partial charge in [-0.2, -0.15) is 0 Å². The molecule has 0 bridgehead atoms. The van der Waals surface area contributed by atoms with Crippen molar-refractivity contribution < 1.29 is 5.11 Å².